The van der Waals surface area contributed by atoms with Crippen LogP contribution in [0.1, 0.15) is 28.8 Å². The minimum Gasteiger partial charge on any atom is -0.465 e. The lowest BCUT2D eigenvalue weighted by Gasteiger charge is -2.22. The topological polar surface area (TPSA) is 67.4 Å². The summed E-state index contributed by atoms with van der Waals surface area (Å²) in [5.74, 6) is -0.460. The first-order valence-corrected chi connectivity index (χ1v) is 6.82. The first-order valence-electron chi connectivity index (χ1n) is 6.82. The van der Waals surface area contributed by atoms with Crippen LogP contribution >= 0.6 is 0 Å². The van der Waals surface area contributed by atoms with E-state index in [0.717, 1.165) is 31.5 Å². The lowest BCUT2D eigenvalue weighted by molar-refractivity contribution is -0.120. The largest absolute Gasteiger partial charge is 0.465 e. The summed E-state index contributed by atoms with van der Waals surface area (Å²) in [5.41, 5.74) is 1.87. The Morgan fingerprint density at radius 2 is 2.00 bits per heavy atom. The lowest BCUT2D eigenvalue weighted by Crippen LogP contribution is -2.34. The summed E-state index contributed by atoms with van der Waals surface area (Å²) < 4.78 is 4.76. The molecule has 5 nitrogen and oxygen atoms in total. The Morgan fingerprint density at radius 1 is 1.30 bits per heavy atom. The van der Waals surface area contributed by atoms with E-state index in [2.05, 4.69) is 10.6 Å². The van der Waals surface area contributed by atoms with Gasteiger partial charge in [-0.25, -0.2) is 4.79 Å². The molecule has 2 rings (SSSR count). The van der Waals surface area contributed by atoms with Crippen molar-refractivity contribution >= 4 is 17.6 Å². The molecule has 1 aromatic carbocycles. The predicted octanol–water partition coefficient (Wildman–Crippen LogP) is 1.72. The summed E-state index contributed by atoms with van der Waals surface area (Å²) in [6, 6.07) is 5.34. The highest BCUT2D eigenvalue weighted by molar-refractivity contribution is 6.02. The van der Waals surface area contributed by atoms with Crippen LogP contribution in [0.3, 0.4) is 0 Å². The Hall–Kier alpha value is -1.88. The number of methoxy groups -OCH3 is 1. The smallest absolute Gasteiger partial charge is 0.339 e. The molecule has 1 heterocycles. The second-order valence-corrected chi connectivity index (χ2v) is 5.05. The fourth-order valence-corrected chi connectivity index (χ4v) is 2.36. The third-order valence-corrected chi connectivity index (χ3v) is 3.55. The molecule has 2 N–H and O–H groups in total. The predicted molar refractivity (Wildman–Crippen MR) is 76.7 cm³/mol. The average Bonchev–Trinajstić information content (AvgIpc) is 2.49. The van der Waals surface area contributed by atoms with E-state index in [-0.39, 0.29) is 11.8 Å². The highest BCUT2D eigenvalue weighted by Crippen LogP contribution is 2.21. The number of anilines is 1. The number of esters is 1. The number of ether oxygens (including phenoxy) is 1. The molecule has 108 valence electrons. The minimum atomic E-state index is -0.436. The van der Waals surface area contributed by atoms with Gasteiger partial charge in [0, 0.05) is 5.92 Å². The van der Waals surface area contributed by atoms with Gasteiger partial charge in [-0.2, -0.15) is 0 Å². The number of piperidine rings is 1. The zero-order chi connectivity index (χ0) is 14.5. The van der Waals surface area contributed by atoms with E-state index in [4.69, 9.17) is 4.74 Å². The third-order valence-electron chi connectivity index (χ3n) is 3.55. The minimum absolute atomic E-state index is 0.00282. The van der Waals surface area contributed by atoms with Crippen LogP contribution in [0.2, 0.25) is 0 Å². The number of nitrogens with one attached hydrogen (secondary N) is 2. The monoisotopic (exact) mass is 276 g/mol. The SMILES string of the molecule is COC(=O)c1cc(C)ccc1NC(=O)C1CCNCC1. The summed E-state index contributed by atoms with van der Waals surface area (Å²) in [5, 5.41) is 6.08. The highest BCUT2D eigenvalue weighted by atomic mass is 16.5. The van der Waals surface area contributed by atoms with Gasteiger partial charge in [-0.15, -0.1) is 0 Å². The Morgan fingerprint density at radius 3 is 2.65 bits per heavy atom. The van der Waals surface area contributed by atoms with Gasteiger partial charge in [-0.1, -0.05) is 11.6 Å². The molecular weight excluding hydrogens is 256 g/mol. The van der Waals surface area contributed by atoms with Gasteiger partial charge in [0.2, 0.25) is 5.91 Å². The van der Waals surface area contributed by atoms with Crippen LogP contribution in [0.15, 0.2) is 18.2 Å². The molecule has 0 bridgehead atoms. The van der Waals surface area contributed by atoms with E-state index in [1.807, 2.05) is 13.0 Å². The Kier molecular flexibility index (Phi) is 4.74. The first kappa shape index (κ1) is 14.5. The number of amides is 1. The van der Waals surface area contributed by atoms with Gasteiger partial charge in [0.05, 0.1) is 18.4 Å². The van der Waals surface area contributed by atoms with Crippen molar-refractivity contribution in [3.63, 3.8) is 0 Å². The average molecular weight is 276 g/mol. The summed E-state index contributed by atoms with van der Waals surface area (Å²) in [4.78, 5) is 24.0. The normalized spacial score (nSPS) is 15.7. The van der Waals surface area contributed by atoms with Crippen molar-refractivity contribution in [1.82, 2.24) is 5.32 Å². The van der Waals surface area contributed by atoms with Gasteiger partial charge < -0.3 is 15.4 Å². The fraction of sp³-hybridized carbons (Fsp3) is 0.467. The highest BCUT2D eigenvalue weighted by Gasteiger charge is 2.22. The summed E-state index contributed by atoms with van der Waals surface area (Å²) in [6.07, 6.45) is 1.65. The summed E-state index contributed by atoms with van der Waals surface area (Å²) in [6.45, 7) is 3.61. The van der Waals surface area contributed by atoms with Crippen molar-refractivity contribution in [2.45, 2.75) is 19.8 Å². The lowest BCUT2D eigenvalue weighted by atomic mass is 9.97. The molecule has 1 amide bonds. The number of hydrogen-bond donors (Lipinski definition) is 2. The van der Waals surface area contributed by atoms with Crippen molar-refractivity contribution in [1.29, 1.82) is 0 Å². The molecule has 0 spiro atoms. The molecule has 1 aromatic rings. The van der Waals surface area contributed by atoms with Crippen molar-refractivity contribution in [3.8, 4) is 0 Å². The first-order chi connectivity index (χ1) is 9.61. The van der Waals surface area contributed by atoms with E-state index >= 15 is 0 Å². The van der Waals surface area contributed by atoms with Crippen LogP contribution in [0.25, 0.3) is 0 Å². The van der Waals surface area contributed by atoms with Crippen LogP contribution in [0.5, 0.6) is 0 Å². The van der Waals surface area contributed by atoms with Crippen LogP contribution in [-0.4, -0.2) is 32.1 Å². The number of carbonyl (C=O) groups excluding carboxylic acids is 2. The van der Waals surface area contributed by atoms with Gasteiger partial charge in [0.25, 0.3) is 0 Å². The molecule has 1 saturated heterocycles. The van der Waals surface area contributed by atoms with E-state index in [1.165, 1.54) is 7.11 Å². The van der Waals surface area contributed by atoms with E-state index in [1.54, 1.807) is 12.1 Å². The maximum absolute atomic E-state index is 12.2. The molecule has 0 radical (unpaired) electrons. The van der Waals surface area contributed by atoms with Crippen molar-refractivity contribution in [2.24, 2.45) is 5.92 Å². The van der Waals surface area contributed by atoms with Gasteiger partial charge in [-0.3, -0.25) is 4.79 Å². The van der Waals surface area contributed by atoms with E-state index in [9.17, 15) is 9.59 Å². The molecule has 0 atom stereocenters. The quantitative estimate of drug-likeness (QED) is 0.825. The fourth-order valence-electron chi connectivity index (χ4n) is 2.36. The second-order valence-electron chi connectivity index (χ2n) is 5.05. The number of hydrogen-bond acceptors (Lipinski definition) is 4. The molecule has 20 heavy (non-hydrogen) atoms. The van der Waals surface area contributed by atoms with Crippen molar-refractivity contribution in [3.05, 3.63) is 29.3 Å². The third kappa shape index (κ3) is 3.36. The summed E-state index contributed by atoms with van der Waals surface area (Å²) >= 11 is 0. The van der Waals surface area contributed by atoms with Gasteiger partial charge in [0.15, 0.2) is 0 Å². The maximum atomic E-state index is 12.2. The number of aryl methyl sites for hydroxylation is 1. The molecule has 1 fully saturated rings. The van der Waals surface area contributed by atoms with E-state index in [0.29, 0.717) is 11.3 Å². The van der Waals surface area contributed by atoms with Gasteiger partial charge in [0.1, 0.15) is 0 Å². The zero-order valence-electron chi connectivity index (χ0n) is 11.9. The van der Waals surface area contributed by atoms with Crippen LogP contribution < -0.4 is 10.6 Å². The molecule has 5 heteroatoms. The van der Waals surface area contributed by atoms with Gasteiger partial charge >= 0.3 is 5.97 Å². The van der Waals surface area contributed by atoms with Crippen molar-refractivity contribution in [2.75, 3.05) is 25.5 Å². The summed E-state index contributed by atoms with van der Waals surface area (Å²) in [7, 11) is 1.34. The Balaban J connectivity index is 2.15. The number of rotatable bonds is 3. The maximum Gasteiger partial charge on any atom is 0.339 e. The molecule has 1 aliphatic heterocycles. The van der Waals surface area contributed by atoms with Gasteiger partial charge in [-0.05, 0) is 45.0 Å². The van der Waals surface area contributed by atoms with Crippen LogP contribution in [0.4, 0.5) is 5.69 Å². The number of carbonyl (C=O) groups is 2. The number of benzene rings is 1. The van der Waals surface area contributed by atoms with Crippen LogP contribution in [-0.2, 0) is 9.53 Å². The molecule has 1 aliphatic rings. The van der Waals surface area contributed by atoms with Crippen molar-refractivity contribution < 1.29 is 14.3 Å². The second kappa shape index (κ2) is 6.52. The molecule has 0 unspecified atom stereocenters. The zero-order valence-corrected chi connectivity index (χ0v) is 11.9. The molecule has 0 saturated carbocycles. The Labute approximate surface area is 118 Å². The Bertz CT molecular complexity index is 508. The molecular formula is C15H20N2O3. The van der Waals surface area contributed by atoms with Crippen LogP contribution in [0, 0.1) is 12.8 Å². The molecule has 0 aromatic heterocycles. The van der Waals surface area contributed by atoms with E-state index < -0.39 is 5.97 Å². The molecule has 0 aliphatic carbocycles. The standard InChI is InChI=1S/C15H20N2O3/c1-10-3-4-13(12(9-10)15(19)20-2)17-14(18)11-5-7-16-8-6-11/h3-4,9,11,16H,5-8H2,1-2H3,(H,17,18).